The Hall–Kier alpha value is -1.43. The molecule has 0 bridgehead atoms. The number of anilines is 1. The number of nitrogens with two attached hydrogens (primary N) is 1. The van der Waals surface area contributed by atoms with Crippen LogP contribution >= 0.6 is 11.6 Å². The fourth-order valence-electron chi connectivity index (χ4n) is 1.58. The van der Waals surface area contributed by atoms with Gasteiger partial charge in [0.05, 0.1) is 10.7 Å². The molecule has 0 saturated carbocycles. The second-order valence-electron chi connectivity index (χ2n) is 4.08. The summed E-state index contributed by atoms with van der Waals surface area (Å²) in [6.45, 7) is 0.453. The van der Waals surface area contributed by atoms with E-state index in [1.807, 2.05) is 0 Å². The molecule has 0 aromatic heterocycles. The first-order valence-electron chi connectivity index (χ1n) is 5.65. The SMILES string of the molecule is CCCN(CC(F)(F)F)C(=O)c1ccc(N)c(Cl)c1. The average molecular weight is 295 g/mol. The summed E-state index contributed by atoms with van der Waals surface area (Å²) in [5, 5.41) is 0.148. The maximum atomic E-state index is 12.4. The minimum absolute atomic E-state index is 0.0281. The zero-order chi connectivity index (χ0) is 14.6. The number of carbonyl (C=O) groups excluding carboxylic acids is 1. The van der Waals surface area contributed by atoms with Crippen molar-refractivity contribution >= 4 is 23.2 Å². The summed E-state index contributed by atoms with van der Waals surface area (Å²) >= 11 is 5.75. The van der Waals surface area contributed by atoms with Crippen LogP contribution in [0.4, 0.5) is 18.9 Å². The molecule has 106 valence electrons. The first-order chi connectivity index (χ1) is 8.74. The lowest BCUT2D eigenvalue weighted by Gasteiger charge is -2.23. The molecule has 19 heavy (non-hydrogen) atoms. The standard InChI is InChI=1S/C12H14ClF3N2O/c1-2-5-18(7-12(14,15)16)11(19)8-3-4-10(17)9(13)6-8/h3-4,6H,2,5,7,17H2,1H3. The average Bonchev–Trinajstić information content (AvgIpc) is 2.29. The van der Waals surface area contributed by atoms with Crippen LogP contribution in [0.2, 0.25) is 5.02 Å². The second kappa shape index (κ2) is 6.14. The molecule has 0 heterocycles. The first-order valence-corrected chi connectivity index (χ1v) is 6.03. The van der Waals surface area contributed by atoms with Crippen molar-refractivity contribution < 1.29 is 18.0 Å². The Kier molecular flexibility index (Phi) is 5.05. The molecule has 0 saturated heterocycles. The molecule has 2 N–H and O–H groups in total. The maximum absolute atomic E-state index is 12.4. The predicted octanol–water partition coefficient (Wildman–Crippen LogP) is 3.34. The lowest BCUT2D eigenvalue weighted by Crippen LogP contribution is -2.39. The summed E-state index contributed by atoms with van der Waals surface area (Å²) < 4.78 is 37.2. The van der Waals surface area contributed by atoms with E-state index >= 15 is 0 Å². The van der Waals surface area contributed by atoms with Crippen molar-refractivity contribution in [2.45, 2.75) is 19.5 Å². The van der Waals surface area contributed by atoms with Crippen molar-refractivity contribution in [2.75, 3.05) is 18.8 Å². The Morgan fingerprint density at radius 1 is 1.42 bits per heavy atom. The van der Waals surface area contributed by atoms with Crippen LogP contribution in [-0.4, -0.2) is 30.1 Å². The van der Waals surface area contributed by atoms with Gasteiger partial charge in [-0.3, -0.25) is 4.79 Å². The minimum Gasteiger partial charge on any atom is -0.398 e. The maximum Gasteiger partial charge on any atom is 0.406 e. The molecule has 0 spiro atoms. The number of alkyl halides is 3. The fourth-order valence-corrected chi connectivity index (χ4v) is 1.76. The van der Waals surface area contributed by atoms with Gasteiger partial charge in [-0.15, -0.1) is 0 Å². The number of amides is 1. The van der Waals surface area contributed by atoms with E-state index in [9.17, 15) is 18.0 Å². The highest BCUT2D eigenvalue weighted by Gasteiger charge is 2.33. The molecule has 1 rings (SSSR count). The molecule has 1 amide bonds. The number of nitrogen functional groups attached to an aromatic ring is 1. The van der Waals surface area contributed by atoms with E-state index < -0.39 is 18.6 Å². The Morgan fingerprint density at radius 3 is 2.53 bits per heavy atom. The van der Waals surface area contributed by atoms with Crippen LogP contribution in [0.15, 0.2) is 18.2 Å². The van der Waals surface area contributed by atoms with Crippen molar-refractivity contribution in [3.63, 3.8) is 0 Å². The Bertz CT molecular complexity index is 463. The second-order valence-corrected chi connectivity index (χ2v) is 4.49. The van der Waals surface area contributed by atoms with Crippen LogP contribution in [0, 0.1) is 0 Å². The third kappa shape index (κ3) is 4.63. The quantitative estimate of drug-likeness (QED) is 0.866. The summed E-state index contributed by atoms with van der Waals surface area (Å²) in [4.78, 5) is 12.8. The summed E-state index contributed by atoms with van der Waals surface area (Å²) in [5.41, 5.74) is 5.86. The smallest absolute Gasteiger partial charge is 0.398 e. The third-order valence-electron chi connectivity index (χ3n) is 2.40. The molecule has 1 aromatic rings. The lowest BCUT2D eigenvalue weighted by molar-refractivity contribution is -0.140. The van der Waals surface area contributed by atoms with Crippen molar-refractivity contribution in [2.24, 2.45) is 0 Å². The number of hydrogen-bond donors (Lipinski definition) is 1. The fraction of sp³-hybridized carbons (Fsp3) is 0.417. The van der Waals surface area contributed by atoms with Crippen LogP contribution in [0.1, 0.15) is 23.7 Å². The largest absolute Gasteiger partial charge is 0.406 e. The van der Waals surface area contributed by atoms with Crippen LogP contribution < -0.4 is 5.73 Å². The highest BCUT2D eigenvalue weighted by Crippen LogP contribution is 2.22. The van der Waals surface area contributed by atoms with Crippen LogP contribution in [0.25, 0.3) is 0 Å². The Morgan fingerprint density at radius 2 is 2.05 bits per heavy atom. The molecule has 0 unspecified atom stereocenters. The molecular weight excluding hydrogens is 281 g/mol. The highest BCUT2D eigenvalue weighted by atomic mass is 35.5. The van der Waals surface area contributed by atoms with Crippen molar-refractivity contribution in [1.82, 2.24) is 4.90 Å². The van der Waals surface area contributed by atoms with Crippen molar-refractivity contribution in [1.29, 1.82) is 0 Å². The van der Waals surface area contributed by atoms with Gasteiger partial charge in [-0.25, -0.2) is 0 Å². The molecule has 0 fully saturated rings. The van der Waals surface area contributed by atoms with Gasteiger partial charge in [0.25, 0.3) is 5.91 Å². The molecule has 0 atom stereocenters. The van der Waals surface area contributed by atoms with Gasteiger partial charge in [0.15, 0.2) is 0 Å². The summed E-state index contributed by atoms with van der Waals surface area (Å²) in [7, 11) is 0. The molecule has 7 heteroatoms. The van der Waals surface area contributed by atoms with E-state index in [2.05, 4.69) is 0 Å². The van der Waals surface area contributed by atoms with Gasteiger partial charge in [-0.05, 0) is 24.6 Å². The van der Waals surface area contributed by atoms with Gasteiger partial charge >= 0.3 is 6.18 Å². The number of halogens is 4. The monoisotopic (exact) mass is 294 g/mol. The van der Waals surface area contributed by atoms with Gasteiger partial charge in [0.2, 0.25) is 0 Å². The van der Waals surface area contributed by atoms with E-state index in [0.29, 0.717) is 6.42 Å². The molecule has 0 aliphatic carbocycles. The number of nitrogens with zero attached hydrogens (tertiary/aromatic N) is 1. The molecular formula is C12H14ClF3N2O. The molecule has 0 aliphatic rings. The van der Waals surface area contributed by atoms with Gasteiger partial charge in [-0.2, -0.15) is 13.2 Å². The van der Waals surface area contributed by atoms with Gasteiger partial charge in [0, 0.05) is 12.1 Å². The molecule has 1 aromatic carbocycles. The predicted molar refractivity (Wildman–Crippen MR) is 68.1 cm³/mol. The highest BCUT2D eigenvalue weighted by molar-refractivity contribution is 6.33. The van der Waals surface area contributed by atoms with Crippen LogP contribution in [0.5, 0.6) is 0 Å². The summed E-state index contributed by atoms with van der Waals surface area (Å²) in [6.07, 6.45) is -3.99. The Labute approximate surface area is 114 Å². The number of benzene rings is 1. The van der Waals surface area contributed by atoms with Crippen LogP contribution in [-0.2, 0) is 0 Å². The topological polar surface area (TPSA) is 46.3 Å². The van der Waals surface area contributed by atoms with Crippen LogP contribution in [0.3, 0.4) is 0 Å². The first kappa shape index (κ1) is 15.6. The lowest BCUT2D eigenvalue weighted by atomic mass is 10.1. The Balaban J connectivity index is 2.95. The van der Waals surface area contributed by atoms with E-state index in [0.717, 1.165) is 4.90 Å². The van der Waals surface area contributed by atoms with Gasteiger partial charge < -0.3 is 10.6 Å². The zero-order valence-corrected chi connectivity index (χ0v) is 11.1. The summed E-state index contributed by atoms with van der Waals surface area (Å²) in [6, 6.07) is 4.04. The zero-order valence-electron chi connectivity index (χ0n) is 10.3. The molecule has 0 aliphatic heterocycles. The normalized spacial score (nSPS) is 11.4. The summed E-state index contributed by atoms with van der Waals surface area (Å²) in [5.74, 6) is -0.707. The molecule has 0 radical (unpaired) electrons. The minimum atomic E-state index is -4.43. The number of rotatable bonds is 4. The third-order valence-corrected chi connectivity index (χ3v) is 2.73. The van der Waals surface area contributed by atoms with Crippen molar-refractivity contribution in [3.05, 3.63) is 28.8 Å². The van der Waals surface area contributed by atoms with Gasteiger partial charge in [-0.1, -0.05) is 18.5 Å². The number of carbonyl (C=O) groups is 1. The van der Waals surface area contributed by atoms with E-state index in [1.54, 1.807) is 6.92 Å². The molecule has 3 nitrogen and oxygen atoms in total. The number of hydrogen-bond acceptors (Lipinski definition) is 2. The van der Waals surface area contributed by atoms with Gasteiger partial charge in [0.1, 0.15) is 6.54 Å². The van der Waals surface area contributed by atoms with E-state index in [1.165, 1.54) is 18.2 Å². The van der Waals surface area contributed by atoms with E-state index in [4.69, 9.17) is 17.3 Å². The van der Waals surface area contributed by atoms with E-state index in [-0.39, 0.29) is 22.8 Å². The van der Waals surface area contributed by atoms with Crippen molar-refractivity contribution in [3.8, 4) is 0 Å².